The van der Waals surface area contributed by atoms with Crippen molar-refractivity contribution in [1.82, 2.24) is 24.4 Å². The molecule has 12 rings (SSSR count). The number of carbonyl (C=O) groups excluding carboxylic acids is 4. The van der Waals surface area contributed by atoms with Gasteiger partial charge in [-0.15, -0.1) is 22.7 Å². The summed E-state index contributed by atoms with van der Waals surface area (Å²) >= 11 is 9.30. The Kier molecular flexibility index (Phi) is 13.0. The predicted molar refractivity (Wildman–Crippen MR) is 274 cm³/mol. The van der Waals surface area contributed by atoms with E-state index < -0.39 is 0 Å². The van der Waals surface area contributed by atoms with Crippen LogP contribution >= 0.6 is 34.3 Å². The van der Waals surface area contributed by atoms with E-state index in [9.17, 15) is 24.0 Å². The molecular weight excluding hydrogens is 946 g/mol. The molecule has 0 radical (unpaired) electrons. The molecule has 0 aromatic carbocycles. The van der Waals surface area contributed by atoms with Gasteiger partial charge >= 0.3 is 0 Å². The number of anilines is 5. The van der Waals surface area contributed by atoms with Crippen molar-refractivity contribution >= 4 is 87.5 Å². The zero-order valence-electron chi connectivity index (χ0n) is 38.9. The SMILES string of the molecule is Cn1cc(-c2ccnc(N3CCc4c(sc5c4CCCC5)C3=O)c2C=O)cc(Nc2ccc(N3CCN(C4COC4)CC3)cn2)c1=O.O=Cc1c(Cl)ccnc1N1CCc2c(sc3c2CCCC3)C1=O. The zero-order valence-corrected chi connectivity index (χ0v) is 41.3. The molecular formula is C52H52ClN9O6S2. The van der Waals surface area contributed by atoms with Gasteiger partial charge in [-0.05, 0) is 122 Å². The number of aryl methyl sites for hydroxylation is 3. The minimum absolute atomic E-state index is 0.0523. The van der Waals surface area contributed by atoms with Crippen molar-refractivity contribution in [2.75, 3.05) is 72.5 Å². The summed E-state index contributed by atoms with van der Waals surface area (Å²) in [7, 11) is 1.68. The van der Waals surface area contributed by atoms with Crippen LogP contribution in [0, 0.1) is 0 Å². The highest BCUT2D eigenvalue weighted by Gasteiger charge is 2.36. The highest BCUT2D eigenvalue weighted by atomic mass is 35.5. The van der Waals surface area contributed by atoms with Crippen LogP contribution in [-0.4, -0.2) is 107 Å². The number of amides is 2. The fraction of sp³-hybridized carbons (Fsp3) is 0.385. The Balaban J connectivity index is 0.000000193. The monoisotopic (exact) mass is 997 g/mol. The van der Waals surface area contributed by atoms with Crippen LogP contribution in [-0.2, 0) is 50.3 Å². The molecule has 4 aliphatic heterocycles. The van der Waals surface area contributed by atoms with Gasteiger partial charge in [0.25, 0.3) is 17.4 Å². The van der Waals surface area contributed by atoms with Gasteiger partial charge in [-0.25, -0.2) is 15.0 Å². The molecule has 0 saturated carbocycles. The van der Waals surface area contributed by atoms with Crippen LogP contribution in [0.5, 0.6) is 0 Å². The van der Waals surface area contributed by atoms with E-state index >= 15 is 0 Å². The van der Waals surface area contributed by atoms with Crippen molar-refractivity contribution in [2.45, 2.75) is 70.3 Å². The molecule has 6 aliphatic rings. The Morgan fingerprint density at radius 3 is 1.87 bits per heavy atom. The topological polar surface area (TPSA) is 163 Å². The first-order valence-electron chi connectivity index (χ1n) is 24.1. The van der Waals surface area contributed by atoms with Crippen LogP contribution in [0.3, 0.4) is 0 Å². The Morgan fingerprint density at radius 1 is 0.700 bits per heavy atom. The summed E-state index contributed by atoms with van der Waals surface area (Å²) in [5.41, 5.74) is 8.20. The number of aldehydes is 2. The Morgan fingerprint density at radius 2 is 1.30 bits per heavy atom. The number of halogens is 1. The number of nitrogens with one attached hydrogen (secondary N) is 1. The van der Waals surface area contributed by atoms with E-state index in [2.05, 4.69) is 30.1 Å². The number of ether oxygens (including phenoxy) is 1. The van der Waals surface area contributed by atoms with E-state index in [0.717, 1.165) is 106 Å². The second-order valence-corrected chi connectivity index (χ2v) is 21.2. The lowest BCUT2D eigenvalue weighted by atomic mass is 9.92. The largest absolute Gasteiger partial charge is 0.378 e. The van der Waals surface area contributed by atoms with Crippen LogP contribution in [0.15, 0.2) is 59.9 Å². The van der Waals surface area contributed by atoms with Gasteiger partial charge in [0.1, 0.15) is 23.1 Å². The summed E-state index contributed by atoms with van der Waals surface area (Å²) in [6.07, 6.45) is 18.7. The molecule has 6 aromatic heterocycles. The van der Waals surface area contributed by atoms with E-state index in [4.69, 9.17) is 16.3 Å². The highest BCUT2D eigenvalue weighted by Crippen LogP contribution is 2.41. The molecule has 2 amide bonds. The molecule has 2 saturated heterocycles. The molecule has 0 bridgehead atoms. The fourth-order valence-electron chi connectivity index (χ4n) is 10.8. The average molecular weight is 999 g/mol. The van der Waals surface area contributed by atoms with E-state index in [-0.39, 0.29) is 22.9 Å². The van der Waals surface area contributed by atoms with E-state index in [1.807, 2.05) is 18.3 Å². The van der Waals surface area contributed by atoms with Crippen molar-refractivity contribution in [1.29, 1.82) is 0 Å². The number of thiophene rings is 2. The average Bonchev–Trinajstić information content (AvgIpc) is 3.95. The minimum Gasteiger partial charge on any atom is -0.378 e. The summed E-state index contributed by atoms with van der Waals surface area (Å²) < 4.78 is 6.84. The van der Waals surface area contributed by atoms with Gasteiger partial charge in [0.15, 0.2) is 12.6 Å². The molecule has 70 heavy (non-hydrogen) atoms. The molecule has 360 valence electrons. The number of hydrogen-bond acceptors (Lipinski definition) is 14. The van der Waals surface area contributed by atoms with Gasteiger partial charge in [-0.3, -0.25) is 38.7 Å². The number of hydrogen-bond donors (Lipinski definition) is 1. The van der Waals surface area contributed by atoms with Crippen LogP contribution < -0.4 is 25.6 Å². The van der Waals surface area contributed by atoms with E-state index in [1.165, 1.54) is 62.0 Å². The van der Waals surface area contributed by atoms with Gasteiger partial charge in [0, 0.05) is 80.2 Å². The summed E-state index contributed by atoms with van der Waals surface area (Å²) in [5.74, 6) is 1.12. The van der Waals surface area contributed by atoms with Gasteiger partial charge in [-0.2, -0.15) is 0 Å². The number of rotatable bonds is 9. The highest BCUT2D eigenvalue weighted by molar-refractivity contribution is 7.15. The van der Waals surface area contributed by atoms with Gasteiger partial charge in [-0.1, -0.05) is 11.6 Å². The predicted octanol–water partition coefficient (Wildman–Crippen LogP) is 7.75. The fourth-order valence-corrected chi connectivity index (χ4v) is 13.7. The molecule has 0 unspecified atom stereocenters. The third-order valence-corrected chi connectivity index (χ3v) is 17.5. The smallest absolute Gasteiger partial charge is 0.274 e. The Hall–Kier alpha value is -6.11. The number of pyridine rings is 4. The van der Waals surface area contributed by atoms with Crippen LogP contribution in [0.4, 0.5) is 28.8 Å². The maximum atomic E-state index is 13.8. The lowest BCUT2D eigenvalue weighted by molar-refractivity contribution is -0.0660. The number of fused-ring (bicyclic) bond motifs is 6. The standard InChI is InChI=1S/C35H37N7O4S.C17H15ClN2O2S/c1-39-18-22(16-29(34(39)44)38-31-7-6-23(17-37-31)40-12-14-41(15-13-40)24-20-46-21-24)25-8-10-36-33(28(25)19-43)42-11-9-27-26-4-2-3-5-30(26)47-32(27)35(42)45;18-13-5-7-19-16(12(13)9-21)20-8-6-11-10-3-1-2-4-14(10)23-15(11)17(20)22/h6-8,10,16-19,24H,2-5,9,11-15,20-21H2,1H3,(H,37,38);5,7,9H,1-4,6,8H2. The second kappa shape index (κ2) is 19.6. The van der Waals surface area contributed by atoms with Gasteiger partial charge in [0.05, 0.1) is 57.0 Å². The normalized spacial score (nSPS) is 17.9. The van der Waals surface area contributed by atoms with E-state index in [1.54, 1.807) is 70.1 Å². The first-order chi connectivity index (χ1) is 34.2. The van der Waals surface area contributed by atoms with Crippen molar-refractivity contribution in [3.63, 3.8) is 0 Å². The minimum atomic E-state index is -0.224. The van der Waals surface area contributed by atoms with Crippen molar-refractivity contribution in [3.8, 4) is 11.1 Å². The molecule has 1 N–H and O–H groups in total. The molecule has 18 heteroatoms. The first-order valence-corrected chi connectivity index (χ1v) is 26.2. The summed E-state index contributed by atoms with van der Waals surface area (Å²) in [4.78, 5) is 89.7. The van der Waals surface area contributed by atoms with Crippen LogP contribution in [0.2, 0.25) is 5.02 Å². The Bertz CT molecular complexity index is 3100. The molecule has 2 aliphatic carbocycles. The van der Waals surface area contributed by atoms with Crippen molar-refractivity contribution in [2.24, 2.45) is 7.05 Å². The van der Waals surface area contributed by atoms with Gasteiger partial charge < -0.3 is 19.5 Å². The zero-order chi connectivity index (χ0) is 48.0. The molecule has 2 fully saturated rings. The van der Waals surface area contributed by atoms with Gasteiger partial charge in [0.2, 0.25) is 0 Å². The summed E-state index contributed by atoms with van der Waals surface area (Å²) in [6, 6.07) is 9.51. The van der Waals surface area contributed by atoms with E-state index in [0.29, 0.717) is 70.3 Å². The quantitative estimate of drug-likeness (QED) is 0.140. The Labute approximate surface area is 418 Å². The molecule has 10 heterocycles. The lowest BCUT2D eigenvalue weighted by Gasteiger charge is -2.43. The second-order valence-electron chi connectivity index (χ2n) is 18.6. The third kappa shape index (κ3) is 8.54. The maximum Gasteiger partial charge on any atom is 0.274 e. The molecule has 15 nitrogen and oxygen atoms in total. The maximum absolute atomic E-state index is 13.8. The first kappa shape index (κ1) is 46.3. The molecule has 0 spiro atoms. The molecule has 6 aromatic rings. The third-order valence-electron chi connectivity index (χ3n) is 14.6. The lowest BCUT2D eigenvalue weighted by Crippen LogP contribution is -2.56. The summed E-state index contributed by atoms with van der Waals surface area (Å²) in [5, 5.41) is 3.52. The van der Waals surface area contributed by atoms with Crippen LogP contribution in [0.1, 0.15) is 97.8 Å². The number of carbonyl (C=O) groups is 4. The number of piperazine rings is 1. The summed E-state index contributed by atoms with van der Waals surface area (Å²) in [6.45, 7) is 6.54. The van der Waals surface area contributed by atoms with Crippen LogP contribution in [0.25, 0.3) is 11.1 Å². The van der Waals surface area contributed by atoms with Crippen molar-refractivity contribution in [3.05, 3.63) is 123 Å². The number of aromatic nitrogens is 4. The molecule has 0 atom stereocenters. The number of nitrogens with zero attached hydrogens (tertiary/aromatic N) is 8. The van der Waals surface area contributed by atoms with Crippen molar-refractivity contribution < 1.29 is 23.9 Å².